The lowest BCUT2D eigenvalue weighted by Gasteiger charge is -2.34. The number of aliphatic hydroxyl groups excluding tert-OH is 2. The van der Waals surface area contributed by atoms with Crippen molar-refractivity contribution in [1.29, 1.82) is 0 Å². The third kappa shape index (κ3) is 1.35. The normalized spacial score (nSPS) is 49.2. The maximum Gasteiger partial charge on any atom is 0.216 e. The lowest BCUT2D eigenvalue weighted by atomic mass is 9.97. The quantitative estimate of drug-likeness (QED) is 0.340. The van der Waals surface area contributed by atoms with Crippen LogP contribution in [0, 0.1) is 0 Å². The first-order valence-electron chi connectivity index (χ1n) is 4.46. The highest BCUT2D eigenvalue weighted by Gasteiger charge is 2.48. The molecule has 0 spiro atoms. The summed E-state index contributed by atoms with van der Waals surface area (Å²) in [5, 5.41) is 22.2. The monoisotopic (exact) mass is 174 g/mol. The summed E-state index contributed by atoms with van der Waals surface area (Å²) < 4.78 is 2.95. The van der Waals surface area contributed by atoms with Gasteiger partial charge < -0.3 is 19.9 Å². The summed E-state index contributed by atoms with van der Waals surface area (Å²) in [7, 11) is 0. The lowest BCUT2D eigenvalue weighted by Crippen LogP contribution is -2.59. The van der Waals surface area contributed by atoms with Gasteiger partial charge in [0.15, 0.2) is 6.10 Å². The molecule has 0 aromatic rings. The van der Waals surface area contributed by atoms with Crippen molar-refractivity contribution >= 4 is 0 Å². The van der Waals surface area contributed by atoms with E-state index in [1.54, 1.807) is 0 Å². The molecule has 2 rings (SSSR count). The van der Waals surface area contributed by atoms with Crippen LogP contribution in [0.15, 0.2) is 0 Å². The van der Waals surface area contributed by atoms with Crippen molar-refractivity contribution in [2.75, 3.05) is 19.8 Å². The average Bonchev–Trinajstić information content (AvgIpc) is 2.81. The number of aliphatic hydroxyl groups is 2. The fourth-order valence-electron chi connectivity index (χ4n) is 1.86. The van der Waals surface area contributed by atoms with Gasteiger partial charge in [0.1, 0.15) is 6.10 Å². The Bertz CT molecular complexity index is 172. The number of nitrogens with one attached hydrogen (secondary N) is 1. The molecule has 12 heavy (non-hydrogen) atoms. The molecule has 0 aliphatic carbocycles. The second kappa shape index (κ2) is 2.96. The fraction of sp³-hybridized carbons (Fsp3) is 1.00. The molecule has 0 aromatic heterocycles. The van der Waals surface area contributed by atoms with Crippen LogP contribution < -0.4 is 5.32 Å². The minimum absolute atomic E-state index is 0.0220. The number of hydrogen-bond donors (Lipinski definition) is 3. The van der Waals surface area contributed by atoms with Gasteiger partial charge in [-0.3, -0.25) is 0 Å². The Hall–Kier alpha value is -0.160. The van der Waals surface area contributed by atoms with E-state index in [1.165, 1.54) is 0 Å². The van der Waals surface area contributed by atoms with Crippen molar-refractivity contribution < 1.29 is 14.6 Å². The van der Waals surface area contributed by atoms with Gasteiger partial charge in [0.2, 0.25) is 19.3 Å². The van der Waals surface area contributed by atoms with Crippen LogP contribution in [0.5, 0.6) is 0 Å². The Morgan fingerprint density at radius 1 is 1.33 bits per heavy atom. The molecule has 2 saturated heterocycles. The van der Waals surface area contributed by atoms with Crippen LogP contribution in [-0.2, 0) is 4.37 Å². The minimum atomic E-state index is -0.626. The largest absolute Gasteiger partial charge is 0.405 e. The molecule has 2 fully saturated rings. The van der Waals surface area contributed by atoms with Crippen molar-refractivity contribution in [1.82, 2.24) is 5.32 Å². The Labute approximate surface area is 71.9 Å². The van der Waals surface area contributed by atoms with Gasteiger partial charge in [-0.25, -0.2) is 0 Å². The molecule has 4 unspecified atom stereocenters. The zero-order valence-electron chi connectivity index (χ0n) is 7.23. The van der Waals surface area contributed by atoms with Gasteiger partial charge in [0.25, 0.3) is 0 Å². The molecule has 70 valence electrons. The summed E-state index contributed by atoms with van der Waals surface area (Å²) in [5.74, 6) is 0. The van der Waals surface area contributed by atoms with E-state index in [9.17, 15) is 10.2 Å². The molecule has 0 radical (unpaired) electrons. The average molecular weight is 174 g/mol. The van der Waals surface area contributed by atoms with Crippen LogP contribution >= 0.6 is 0 Å². The van der Waals surface area contributed by atoms with Crippen molar-refractivity contribution in [2.24, 2.45) is 0 Å². The molecule has 2 aliphatic heterocycles. The van der Waals surface area contributed by atoms with E-state index in [4.69, 9.17) is 0 Å². The molecule has 0 amide bonds. The molecule has 4 heteroatoms. The van der Waals surface area contributed by atoms with Crippen molar-refractivity contribution in [2.45, 2.75) is 31.3 Å². The van der Waals surface area contributed by atoms with Gasteiger partial charge in [-0.2, -0.15) is 0 Å². The summed E-state index contributed by atoms with van der Waals surface area (Å²) in [6.45, 7) is 4.47. The molecule has 0 saturated carbocycles. The summed E-state index contributed by atoms with van der Waals surface area (Å²) in [6, 6.07) is 0.246. The smallest absolute Gasteiger partial charge is 0.216 e. The summed E-state index contributed by atoms with van der Waals surface area (Å²) in [5.41, 5.74) is 0. The van der Waals surface area contributed by atoms with Crippen LogP contribution in [0.4, 0.5) is 0 Å². The van der Waals surface area contributed by atoms with E-state index >= 15 is 0 Å². The van der Waals surface area contributed by atoms with Gasteiger partial charge in [0.05, 0.1) is 6.04 Å². The predicted octanol–water partition coefficient (Wildman–Crippen LogP) is -1.37. The van der Waals surface area contributed by atoms with Crippen molar-refractivity contribution in [3.63, 3.8) is 0 Å². The standard InChI is InChI=1S/C8H16NO3/c1-5-8(12-2-3-12)7(11)6(10)4-9-5/h5-11H,2-4H2,1H3/q+1. The lowest BCUT2D eigenvalue weighted by molar-refractivity contribution is -0.146. The molecular formula is C8H16NO3+. The summed E-state index contributed by atoms with van der Waals surface area (Å²) >= 11 is 0. The Morgan fingerprint density at radius 2 is 2.00 bits per heavy atom. The number of hydrogen-bond acceptors (Lipinski definition) is 3. The van der Waals surface area contributed by atoms with Gasteiger partial charge in [0, 0.05) is 6.54 Å². The first-order valence-corrected chi connectivity index (χ1v) is 4.46. The molecule has 3 N–H and O–H groups in total. The van der Waals surface area contributed by atoms with E-state index in [-0.39, 0.29) is 12.1 Å². The van der Waals surface area contributed by atoms with Gasteiger partial charge in [-0.15, -0.1) is 0 Å². The first-order chi connectivity index (χ1) is 5.70. The van der Waals surface area contributed by atoms with E-state index in [0.29, 0.717) is 6.54 Å². The number of piperidine rings is 1. The second-order valence-electron chi connectivity index (χ2n) is 3.67. The van der Waals surface area contributed by atoms with E-state index in [0.717, 1.165) is 13.2 Å². The van der Waals surface area contributed by atoms with Crippen molar-refractivity contribution in [3.05, 3.63) is 0 Å². The highest BCUT2D eigenvalue weighted by molar-refractivity contribution is 4.94. The third-order valence-electron chi connectivity index (χ3n) is 2.70. The molecule has 0 aromatic carbocycles. The fourth-order valence-corrected chi connectivity index (χ4v) is 1.86. The number of β-amino-alcohol motifs (C(OH)–C–C–N with tert-alkyl or cyclic N) is 1. The minimum Gasteiger partial charge on any atom is -0.405 e. The van der Waals surface area contributed by atoms with E-state index in [1.807, 2.05) is 6.92 Å². The highest BCUT2D eigenvalue weighted by Crippen LogP contribution is 2.26. The number of epoxide rings is 1. The van der Waals surface area contributed by atoms with Gasteiger partial charge >= 0.3 is 0 Å². The maximum absolute atomic E-state index is 9.67. The van der Waals surface area contributed by atoms with E-state index < -0.39 is 12.2 Å². The van der Waals surface area contributed by atoms with Crippen LogP contribution in [0.2, 0.25) is 0 Å². The highest BCUT2D eigenvalue weighted by atomic mass is 16.8. The SMILES string of the molecule is CC1NCC(O)C(O)C1[O+]1CC1. The van der Waals surface area contributed by atoms with Crippen molar-refractivity contribution in [3.8, 4) is 0 Å². The maximum atomic E-state index is 9.67. The molecule has 2 aliphatic rings. The predicted molar refractivity (Wildman–Crippen MR) is 44.1 cm³/mol. The zero-order valence-corrected chi connectivity index (χ0v) is 7.23. The molecule has 4 atom stereocenters. The number of rotatable bonds is 1. The van der Waals surface area contributed by atoms with Crippen LogP contribution in [0.1, 0.15) is 6.92 Å². The Balaban J connectivity index is 2.04. The zero-order chi connectivity index (χ0) is 8.72. The van der Waals surface area contributed by atoms with Crippen LogP contribution in [0.25, 0.3) is 0 Å². The third-order valence-corrected chi connectivity index (χ3v) is 2.70. The topological polar surface area (TPSA) is 55.2 Å². The summed E-state index contributed by atoms with van der Waals surface area (Å²) in [6.07, 6.45) is -1.22. The van der Waals surface area contributed by atoms with Gasteiger partial charge in [-0.05, 0) is 6.92 Å². The Kier molecular flexibility index (Phi) is 2.08. The van der Waals surface area contributed by atoms with Crippen LogP contribution in [0.3, 0.4) is 0 Å². The molecule has 0 bridgehead atoms. The van der Waals surface area contributed by atoms with Crippen LogP contribution in [-0.4, -0.2) is 54.3 Å². The van der Waals surface area contributed by atoms with E-state index in [2.05, 4.69) is 9.68 Å². The van der Waals surface area contributed by atoms with Gasteiger partial charge in [-0.1, -0.05) is 0 Å². The Morgan fingerprint density at radius 3 is 2.58 bits per heavy atom. The molecular weight excluding hydrogens is 158 g/mol. The second-order valence-corrected chi connectivity index (χ2v) is 3.67. The molecule has 4 nitrogen and oxygen atoms in total. The molecule has 2 heterocycles. The summed E-state index contributed by atoms with van der Waals surface area (Å²) in [4.78, 5) is 0. The first kappa shape index (κ1) is 8.44.